The summed E-state index contributed by atoms with van der Waals surface area (Å²) >= 11 is 0. The van der Waals surface area contributed by atoms with Crippen LogP contribution in [0, 0.1) is 0 Å². The fraction of sp³-hybridized carbons (Fsp3) is 0.455. The van der Waals surface area contributed by atoms with Crippen molar-refractivity contribution in [2.45, 2.75) is 57.2 Å². The predicted molar refractivity (Wildman–Crippen MR) is 121 cm³/mol. The topological polar surface area (TPSA) is 46.2 Å². The van der Waals surface area contributed by atoms with E-state index in [-0.39, 0.29) is 38.7 Å². The smallest absolute Gasteiger partial charge is 0.403 e. The molecule has 30 heavy (non-hydrogen) atoms. The first-order chi connectivity index (χ1) is 14.8. The molecule has 3 aliphatic rings. The Morgan fingerprint density at radius 2 is 1.23 bits per heavy atom. The number of hydrogen-bond donors (Lipinski definition) is 0. The lowest BCUT2D eigenvalue weighted by atomic mass is 9.86. The highest BCUT2D eigenvalue weighted by Crippen LogP contribution is 2.43. The van der Waals surface area contributed by atoms with Crippen LogP contribution in [-0.4, -0.2) is 51.1 Å². The second kappa shape index (κ2) is 9.12. The van der Waals surface area contributed by atoms with Crippen LogP contribution < -0.4 is 10.6 Å². The van der Waals surface area contributed by atoms with Gasteiger partial charge in [-0.15, -0.1) is 0 Å². The van der Waals surface area contributed by atoms with Gasteiger partial charge in [0.2, 0.25) is 0 Å². The van der Waals surface area contributed by atoms with Crippen LogP contribution in [0.5, 0.6) is 0 Å². The zero-order valence-corrected chi connectivity index (χ0v) is 18.3. The van der Waals surface area contributed by atoms with Crippen molar-refractivity contribution in [1.29, 1.82) is 0 Å². The van der Waals surface area contributed by atoms with Crippen molar-refractivity contribution in [2.75, 3.05) is 6.16 Å². The van der Waals surface area contributed by atoms with Crippen LogP contribution in [0.1, 0.15) is 13.8 Å². The molecule has 0 radical (unpaired) electrons. The van der Waals surface area contributed by atoms with Gasteiger partial charge in [-0.3, -0.25) is 0 Å². The van der Waals surface area contributed by atoms with E-state index in [2.05, 4.69) is 74.5 Å². The van der Waals surface area contributed by atoms with Gasteiger partial charge in [-0.2, -0.15) is 0 Å². The highest BCUT2D eigenvalue weighted by Gasteiger charge is 2.58. The first-order valence-electron chi connectivity index (χ1n) is 10.9. The Hall–Kier alpha value is -1.20. The summed E-state index contributed by atoms with van der Waals surface area (Å²) in [4.78, 5) is 0. The number of benzene rings is 2. The minimum atomic E-state index is -0.605. The average molecular weight is 424 g/mol. The van der Waals surface area contributed by atoms with Crippen molar-refractivity contribution < 1.29 is 23.4 Å². The Morgan fingerprint density at radius 3 is 1.83 bits per heavy atom. The summed E-state index contributed by atoms with van der Waals surface area (Å²) in [6.45, 7) is 4.14. The second-order valence-electron chi connectivity index (χ2n) is 7.94. The van der Waals surface area contributed by atoms with Gasteiger partial charge in [0.1, 0.15) is 6.10 Å². The molecule has 8 heteroatoms. The molecule has 0 amide bonds. The minimum absolute atomic E-state index is 0.112. The van der Waals surface area contributed by atoms with Gasteiger partial charge in [0.15, 0.2) is 6.29 Å². The summed E-state index contributed by atoms with van der Waals surface area (Å²) in [5, 5.41) is 2.67. The van der Waals surface area contributed by atoms with E-state index in [1.165, 1.54) is 10.6 Å². The molecule has 5 atom stereocenters. The van der Waals surface area contributed by atoms with E-state index in [0.717, 1.165) is 18.8 Å². The van der Waals surface area contributed by atoms with Crippen molar-refractivity contribution in [1.82, 2.24) is 0 Å². The molecule has 2 aromatic rings. The maximum absolute atomic E-state index is 6.49. The summed E-state index contributed by atoms with van der Waals surface area (Å²) < 4.78 is 31.2. The van der Waals surface area contributed by atoms with Crippen molar-refractivity contribution in [3.8, 4) is 0 Å². The molecule has 0 N–H and O–H groups in total. The maximum atomic E-state index is 6.49. The Kier molecular flexibility index (Phi) is 6.29. The van der Waals surface area contributed by atoms with Crippen molar-refractivity contribution in [3.63, 3.8) is 0 Å². The predicted octanol–water partition coefficient (Wildman–Crippen LogP) is 3.06. The molecule has 0 bridgehead atoms. The van der Waals surface area contributed by atoms with Crippen molar-refractivity contribution in [2.24, 2.45) is 0 Å². The molecule has 3 aliphatic heterocycles. The summed E-state index contributed by atoms with van der Waals surface area (Å²) in [6, 6.07) is 21.4. The number of rotatable bonds is 6. The van der Waals surface area contributed by atoms with Crippen LogP contribution in [-0.2, 0) is 23.4 Å². The molecule has 0 aromatic heterocycles. The fourth-order valence-electron chi connectivity index (χ4n) is 4.48. The van der Waals surface area contributed by atoms with Crippen LogP contribution in [0.4, 0.5) is 0 Å². The molecule has 5 rings (SSSR count). The third-order valence-electron chi connectivity index (χ3n) is 5.97. The third kappa shape index (κ3) is 4.00. The molecule has 3 fully saturated rings. The van der Waals surface area contributed by atoms with Crippen molar-refractivity contribution >= 4 is 32.8 Å². The molecule has 3 heterocycles. The third-order valence-corrected chi connectivity index (χ3v) is 8.54. The Labute approximate surface area is 180 Å². The zero-order valence-electron chi connectivity index (χ0n) is 17.4. The van der Waals surface area contributed by atoms with Crippen LogP contribution >= 0.6 is 7.92 Å². The quantitative estimate of drug-likeness (QED) is 0.527. The van der Waals surface area contributed by atoms with E-state index in [0.29, 0.717) is 0 Å². The molecular weight excluding hydrogens is 397 g/mol. The van der Waals surface area contributed by atoms with Gasteiger partial charge in [0.25, 0.3) is 0 Å². The van der Waals surface area contributed by atoms with Crippen LogP contribution in [0.25, 0.3) is 0 Å². The fourth-order valence-corrected chi connectivity index (χ4v) is 6.92. The van der Waals surface area contributed by atoms with E-state index in [9.17, 15) is 0 Å². The van der Waals surface area contributed by atoms with Gasteiger partial charge in [-0.05, 0) is 31.2 Å². The molecule has 3 saturated heterocycles. The number of hydrogen-bond acceptors (Lipinski definition) is 5. The van der Waals surface area contributed by atoms with E-state index in [4.69, 9.17) is 23.4 Å². The molecule has 5 nitrogen and oxygen atoms in total. The van der Waals surface area contributed by atoms with Gasteiger partial charge in [0, 0.05) is 6.16 Å². The second-order valence-corrected chi connectivity index (χ2v) is 10.2. The summed E-state index contributed by atoms with van der Waals surface area (Å²) in [5.41, 5.74) is 0. The van der Waals surface area contributed by atoms with Crippen LogP contribution in [0.3, 0.4) is 0 Å². The first kappa shape index (κ1) is 20.7. The standard InChI is InChI=1S/C22H27B2O5P/c1-3-23-26-19-18(25-22-21(20(19)27-23)28-24(4-2)29-22)15-30(16-11-7-5-8-12-16)17-13-9-6-10-14-17/h5-14,18-22H,3-4,15H2,1-2H3/t18-,19+,20+,21-,22-/m1/s1. The Bertz CT molecular complexity index is 789. The van der Waals surface area contributed by atoms with Gasteiger partial charge < -0.3 is 23.4 Å². The molecule has 2 aromatic carbocycles. The molecule has 0 unspecified atom stereocenters. The van der Waals surface area contributed by atoms with Crippen molar-refractivity contribution in [3.05, 3.63) is 60.7 Å². The highest BCUT2D eigenvalue weighted by atomic mass is 31.1. The Morgan fingerprint density at radius 1 is 0.700 bits per heavy atom. The summed E-state index contributed by atoms with van der Waals surface area (Å²) in [6.07, 6.45) is 1.41. The van der Waals surface area contributed by atoms with Gasteiger partial charge in [-0.25, -0.2) is 0 Å². The lowest BCUT2D eigenvalue weighted by Crippen LogP contribution is -2.56. The maximum Gasteiger partial charge on any atom is 0.458 e. The lowest BCUT2D eigenvalue weighted by Gasteiger charge is -2.40. The Balaban J connectivity index is 1.44. The summed E-state index contributed by atoms with van der Waals surface area (Å²) in [5.74, 6) is 0. The lowest BCUT2D eigenvalue weighted by molar-refractivity contribution is -0.208. The molecular formula is C22H27B2O5P. The van der Waals surface area contributed by atoms with E-state index < -0.39 is 14.2 Å². The van der Waals surface area contributed by atoms with Gasteiger partial charge in [0.05, 0.1) is 18.3 Å². The van der Waals surface area contributed by atoms with E-state index >= 15 is 0 Å². The molecule has 0 aliphatic carbocycles. The number of ether oxygens (including phenoxy) is 1. The molecule has 0 saturated carbocycles. The minimum Gasteiger partial charge on any atom is -0.403 e. The SMILES string of the molecule is CCB1O[C@H]2[C@@H](O1)[C@@H](CP(c1ccccc1)c1ccccc1)O[C@@H]1OB(CC)O[C@@H]12. The van der Waals surface area contributed by atoms with Gasteiger partial charge >= 0.3 is 14.2 Å². The van der Waals surface area contributed by atoms with Gasteiger partial charge in [-0.1, -0.05) is 74.5 Å². The monoisotopic (exact) mass is 424 g/mol. The normalized spacial score (nSPS) is 30.6. The number of fused-ring (bicyclic) bond motifs is 3. The van der Waals surface area contributed by atoms with Crippen LogP contribution in [0.2, 0.25) is 12.6 Å². The largest absolute Gasteiger partial charge is 0.458 e. The highest BCUT2D eigenvalue weighted by molar-refractivity contribution is 7.73. The molecule has 0 spiro atoms. The van der Waals surface area contributed by atoms with E-state index in [1.54, 1.807) is 0 Å². The average Bonchev–Trinajstić information content (AvgIpc) is 3.42. The van der Waals surface area contributed by atoms with Crippen LogP contribution in [0.15, 0.2) is 60.7 Å². The van der Waals surface area contributed by atoms with E-state index in [1.807, 2.05) is 0 Å². The molecule has 156 valence electrons. The zero-order chi connectivity index (χ0) is 20.5. The summed E-state index contributed by atoms with van der Waals surface area (Å²) in [7, 11) is -1.06. The first-order valence-corrected chi connectivity index (χ1v) is 12.4.